The Bertz CT molecular complexity index is 1050. The Morgan fingerprint density at radius 3 is 1.32 bits per heavy atom. The number of allylic oxidation sites excluding steroid dienone is 4. The van der Waals surface area contributed by atoms with Gasteiger partial charge in [-0.2, -0.15) is 0 Å². The van der Waals surface area contributed by atoms with E-state index in [0.29, 0.717) is 24.1 Å². The fraction of sp³-hybridized carbons (Fsp3) is 0.906. The van der Waals surface area contributed by atoms with Gasteiger partial charge in [0.15, 0.2) is 0 Å². The van der Waals surface area contributed by atoms with Crippen LogP contribution in [-0.2, 0) is 27.9 Å². The predicted octanol–water partition coefficient (Wildman–Crippen LogP) is 16.3. The van der Waals surface area contributed by atoms with Gasteiger partial charge in [0.1, 0.15) is 19.3 Å². The molecule has 0 saturated heterocycles. The van der Waals surface area contributed by atoms with E-state index in [-0.39, 0.29) is 25.8 Å². The smallest absolute Gasteiger partial charge is 0.457 e. The van der Waals surface area contributed by atoms with Crippen molar-refractivity contribution in [3.05, 3.63) is 24.3 Å². The lowest BCUT2D eigenvalue weighted by Crippen LogP contribution is -2.37. The van der Waals surface area contributed by atoms with Crippen LogP contribution in [0.25, 0.3) is 0 Å². The molecule has 0 aromatic rings. The maximum Gasteiger partial charge on any atom is 0.472 e. The van der Waals surface area contributed by atoms with Crippen molar-refractivity contribution in [2.75, 3.05) is 54.1 Å². The van der Waals surface area contributed by atoms with Gasteiger partial charge in [0, 0.05) is 13.0 Å². The molecular weight excluding hydrogens is 794 g/mol. The number of unbranched alkanes of at least 4 members (excludes halogenated alkanes) is 32. The Balaban J connectivity index is 4.08. The molecule has 0 saturated carbocycles. The molecule has 2 unspecified atom stereocenters. The van der Waals surface area contributed by atoms with Gasteiger partial charge in [0.25, 0.3) is 0 Å². The van der Waals surface area contributed by atoms with E-state index in [1.54, 1.807) is 0 Å². The van der Waals surface area contributed by atoms with Crippen molar-refractivity contribution in [3.8, 4) is 0 Å². The van der Waals surface area contributed by atoms with E-state index >= 15 is 0 Å². The highest BCUT2D eigenvalue weighted by Gasteiger charge is 2.26. The zero-order valence-electron chi connectivity index (χ0n) is 41.9. The summed E-state index contributed by atoms with van der Waals surface area (Å²) in [5, 5.41) is 0. The molecule has 0 amide bonds. The molecule has 0 radical (unpaired) electrons. The third-order valence-corrected chi connectivity index (χ3v) is 12.7. The van der Waals surface area contributed by atoms with Gasteiger partial charge in [-0.15, -0.1) is 0 Å². The van der Waals surface area contributed by atoms with Crippen LogP contribution in [0.3, 0.4) is 0 Å². The molecule has 0 fully saturated rings. The topological polar surface area (TPSA) is 91.3 Å². The molecule has 0 heterocycles. The number of phosphoric acid groups is 1. The summed E-state index contributed by atoms with van der Waals surface area (Å²) in [4.78, 5) is 23.0. The van der Waals surface area contributed by atoms with Gasteiger partial charge in [-0.3, -0.25) is 13.8 Å². The second-order valence-electron chi connectivity index (χ2n) is 19.3. The van der Waals surface area contributed by atoms with Gasteiger partial charge in [0.05, 0.1) is 34.4 Å². The van der Waals surface area contributed by atoms with Gasteiger partial charge >= 0.3 is 13.8 Å². The van der Waals surface area contributed by atoms with Crippen LogP contribution in [0.4, 0.5) is 0 Å². The average Bonchev–Trinajstić information content (AvgIpc) is 3.23. The first-order valence-electron chi connectivity index (χ1n) is 26.6. The van der Waals surface area contributed by atoms with E-state index < -0.39 is 13.9 Å². The van der Waals surface area contributed by atoms with Crippen LogP contribution in [0.1, 0.15) is 251 Å². The summed E-state index contributed by atoms with van der Waals surface area (Å²) >= 11 is 0. The van der Waals surface area contributed by atoms with E-state index in [1.165, 1.54) is 186 Å². The first kappa shape index (κ1) is 61.0. The summed E-state index contributed by atoms with van der Waals surface area (Å²) in [7, 11) is 1.67. The second kappa shape index (κ2) is 46.5. The van der Waals surface area contributed by atoms with Crippen LogP contribution in [0.15, 0.2) is 24.3 Å². The van der Waals surface area contributed by atoms with Crippen LogP contribution in [0.5, 0.6) is 0 Å². The molecule has 62 heavy (non-hydrogen) atoms. The van der Waals surface area contributed by atoms with Crippen molar-refractivity contribution in [1.82, 2.24) is 0 Å². The average molecular weight is 899 g/mol. The summed E-state index contributed by atoms with van der Waals surface area (Å²) in [5.74, 6) is -0.312. The molecule has 0 spiro atoms. The van der Waals surface area contributed by atoms with Gasteiger partial charge in [-0.1, -0.05) is 224 Å². The lowest BCUT2D eigenvalue weighted by Gasteiger charge is -2.24. The summed E-state index contributed by atoms with van der Waals surface area (Å²) in [6.07, 6.45) is 55.1. The van der Waals surface area contributed by atoms with Gasteiger partial charge in [-0.05, 0) is 44.9 Å². The van der Waals surface area contributed by atoms with Gasteiger partial charge < -0.3 is 18.9 Å². The lowest BCUT2D eigenvalue weighted by atomic mass is 10.0. The first-order valence-corrected chi connectivity index (χ1v) is 28.1. The molecule has 0 aliphatic rings. The number of ether oxygens (including phenoxy) is 2. The monoisotopic (exact) mass is 899 g/mol. The third kappa shape index (κ3) is 50.0. The number of nitrogens with zero attached hydrogens (tertiary/aromatic N) is 1. The molecule has 2 atom stereocenters. The molecule has 0 rings (SSSR count). The molecule has 1 N–H and O–H groups in total. The number of likely N-dealkylation sites (N-methyl/N-ethyl adjacent to an activating group) is 1. The van der Waals surface area contributed by atoms with E-state index in [9.17, 15) is 14.3 Å². The predicted molar refractivity (Wildman–Crippen MR) is 266 cm³/mol. The quantitative estimate of drug-likeness (QED) is 0.0214. The van der Waals surface area contributed by atoms with Crippen LogP contribution >= 0.6 is 7.82 Å². The number of esters is 1. The minimum absolute atomic E-state index is 0.0887. The van der Waals surface area contributed by atoms with E-state index in [0.717, 1.165) is 44.9 Å². The highest BCUT2D eigenvalue weighted by Crippen LogP contribution is 2.43. The fourth-order valence-electron chi connectivity index (χ4n) is 7.64. The number of hydrogen-bond donors (Lipinski definition) is 1. The second-order valence-corrected chi connectivity index (χ2v) is 20.7. The molecule has 0 aromatic carbocycles. The number of carbonyl (C=O) groups is 1. The standard InChI is InChI=1S/C53H104NO7P/c1-6-8-10-12-14-16-18-20-22-24-25-26-27-28-29-30-32-34-36-38-40-42-44-46-53(55)61-52(51-60-62(56,57)59-49-47-54(3,4)5)50-58-48-45-43-41-39-37-35-33-31-23-21-19-17-15-13-11-9-7-2/h17,19,23,31,52H,6-16,18,20-22,24-30,32-51H2,1-5H3/p+1/b19-17-,31-23-. The van der Waals surface area contributed by atoms with E-state index in [1.807, 2.05) is 21.1 Å². The molecule has 0 aliphatic heterocycles. The SMILES string of the molecule is CCCCCC/C=C\C/C=C\CCCCCCCCOCC(COP(=O)(O)OCC[N+](C)(C)C)OC(=O)CCCCCCCCCCCCCCCCCCCCCCCCC. The number of carbonyl (C=O) groups excluding carboxylic acids is 1. The highest BCUT2D eigenvalue weighted by atomic mass is 31.2. The maximum absolute atomic E-state index is 12.8. The number of rotatable bonds is 50. The Morgan fingerprint density at radius 1 is 0.500 bits per heavy atom. The molecule has 0 aliphatic carbocycles. The van der Waals surface area contributed by atoms with Crippen LogP contribution in [0.2, 0.25) is 0 Å². The minimum atomic E-state index is -4.28. The maximum atomic E-state index is 12.8. The summed E-state index contributed by atoms with van der Waals surface area (Å²) in [6, 6.07) is 0. The normalized spacial score (nSPS) is 13.7. The van der Waals surface area contributed by atoms with Crippen LogP contribution in [0, 0.1) is 0 Å². The van der Waals surface area contributed by atoms with Gasteiger partial charge in [-0.25, -0.2) is 4.57 Å². The fourth-order valence-corrected chi connectivity index (χ4v) is 8.39. The van der Waals surface area contributed by atoms with Gasteiger partial charge in [0.2, 0.25) is 0 Å². The zero-order valence-corrected chi connectivity index (χ0v) is 42.8. The number of quaternary nitrogens is 1. The lowest BCUT2D eigenvalue weighted by molar-refractivity contribution is -0.870. The molecule has 8 nitrogen and oxygen atoms in total. The largest absolute Gasteiger partial charge is 0.472 e. The Labute approximate surface area is 385 Å². The van der Waals surface area contributed by atoms with Crippen molar-refractivity contribution in [1.29, 1.82) is 0 Å². The van der Waals surface area contributed by atoms with Crippen LogP contribution in [-0.4, -0.2) is 75.6 Å². The van der Waals surface area contributed by atoms with Crippen molar-refractivity contribution in [2.24, 2.45) is 0 Å². The highest BCUT2D eigenvalue weighted by molar-refractivity contribution is 7.47. The Kier molecular flexibility index (Phi) is 45.7. The Hall–Kier alpha value is -1.02. The summed E-state index contributed by atoms with van der Waals surface area (Å²) < 4.78 is 35.2. The minimum Gasteiger partial charge on any atom is -0.457 e. The number of phosphoric ester groups is 1. The van der Waals surface area contributed by atoms with E-state index in [4.69, 9.17) is 18.5 Å². The molecule has 0 aromatic heterocycles. The zero-order chi connectivity index (χ0) is 45.5. The molecule has 9 heteroatoms. The molecule has 0 bridgehead atoms. The molecular formula is C53H105NO7P+. The van der Waals surface area contributed by atoms with E-state index in [2.05, 4.69) is 38.2 Å². The van der Waals surface area contributed by atoms with Crippen molar-refractivity contribution < 1.29 is 37.3 Å². The first-order chi connectivity index (χ1) is 30.1. The molecule has 368 valence electrons. The number of hydrogen-bond acceptors (Lipinski definition) is 6. The summed E-state index contributed by atoms with van der Waals surface area (Å²) in [6.45, 7) is 5.63. The third-order valence-electron chi connectivity index (χ3n) is 11.8. The van der Waals surface area contributed by atoms with Crippen molar-refractivity contribution in [2.45, 2.75) is 258 Å². The van der Waals surface area contributed by atoms with Crippen molar-refractivity contribution in [3.63, 3.8) is 0 Å². The summed E-state index contributed by atoms with van der Waals surface area (Å²) in [5.41, 5.74) is 0. The van der Waals surface area contributed by atoms with Crippen LogP contribution < -0.4 is 0 Å². The van der Waals surface area contributed by atoms with Crippen molar-refractivity contribution >= 4 is 13.8 Å². The Morgan fingerprint density at radius 2 is 0.887 bits per heavy atom.